The van der Waals surface area contributed by atoms with E-state index in [0.717, 1.165) is 42.0 Å². The van der Waals surface area contributed by atoms with E-state index in [1.807, 2.05) is 30.3 Å². The number of hydrogen-bond donors (Lipinski definition) is 3. The van der Waals surface area contributed by atoms with Crippen LogP contribution < -0.4 is 5.32 Å². The van der Waals surface area contributed by atoms with Crippen LogP contribution in [-0.4, -0.2) is 28.8 Å². The Morgan fingerprint density at radius 3 is 2.53 bits per heavy atom. The van der Waals surface area contributed by atoms with Crippen molar-refractivity contribution in [2.45, 2.75) is 31.4 Å². The minimum absolute atomic E-state index is 0. The third kappa shape index (κ3) is 5.48. The van der Waals surface area contributed by atoms with Crippen molar-refractivity contribution in [3.05, 3.63) is 93.8 Å². The Kier molecular flexibility index (Phi) is 7.91. The molecule has 0 spiro atoms. The lowest BCUT2D eigenvalue weighted by molar-refractivity contribution is 0.0696. The molecule has 1 aliphatic carbocycles. The van der Waals surface area contributed by atoms with Crippen molar-refractivity contribution in [2.24, 2.45) is 0 Å². The van der Waals surface area contributed by atoms with Crippen LogP contribution in [0.15, 0.2) is 60.7 Å². The van der Waals surface area contributed by atoms with Gasteiger partial charge in [-0.25, -0.2) is 9.18 Å². The molecule has 3 aromatic carbocycles. The first kappa shape index (κ1) is 24.2. The maximum absolute atomic E-state index is 14.5. The summed E-state index contributed by atoms with van der Waals surface area (Å²) in [5.41, 5.74) is 4.25. The molecule has 0 amide bonds. The third-order valence-electron chi connectivity index (χ3n) is 5.82. The van der Waals surface area contributed by atoms with Crippen molar-refractivity contribution >= 4 is 30.0 Å². The summed E-state index contributed by atoms with van der Waals surface area (Å²) in [6.07, 6.45) is 2.03. The molecular formula is C25H24Cl2FNO3. The number of rotatable bonds is 6. The van der Waals surface area contributed by atoms with E-state index in [9.17, 15) is 14.3 Å². The number of carboxylic acids is 1. The summed E-state index contributed by atoms with van der Waals surface area (Å²) >= 11 is 5.90. The molecule has 0 saturated heterocycles. The highest BCUT2D eigenvalue weighted by Crippen LogP contribution is 2.30. The highest BCUT2D eigenvalue weighted by molar-refractivity contribution is 6.30. The number of aliphatic hydroxyl groups excluding tert-OH is 1. The summed E-state index contributed by atoms with van der Waals surface area (Å²) in [5, 5.41) is 23.5. The number of carboxylic acid groups (broad SMARTS) is 1. The van der Waals surface area contributed by atoms with E-state index in [1.165, 1.54) is 17.7 Å². The number of nitrogens with one attached hydrogen (secondary N) is 1. The van der Waals surface area contributed by atoms with Gasteiger partial charge in [-0.05, 0) is 65.8 Å². The summed E-state index contributed by atoms with van der Waals surface area (Å²) in [5.74, 6) is -1.69. The molecule has 0 aromatic heterocycles. The third-order valence-corrected chi connectivity index (χ3v) is 6.07. The normalized spacial score (nSPS) is 16.0. The van der Waals surface area contributed by atoms with Gasteiger partial charge in [0.05, 0.1) is 11.7 Å². The number of carbonyl (C=O) groups is 1. The largest absolute Gasteiger partial charge is 0.478 e. The van der Waals surface area contributed by atoms with Crippen molar-refractivity contribution in [3.8, 4) is 11.1 Å². The van der Waals surface area contributed by atoms with Crippen LogP contribution in [0.4, 0.5) is 4.39 Å². The zero-order valence-corrected chi connectivity index (χ0v) is 18.8. The van der Waals surface area contributed by atoms with Crippen molar-refractivity contribution < 1.29 is 19.4 Å². The first-order valence-corrected chi connectivity index (χ1v) is 10.6. The predicted molar refractivity (Wildman–Crippen MR) is 126 cm³/mol. The smallest absolute Gasteiger partial charge is 0.335 e. The minimum Gasteiger partial charge on any atom is -0.478 e. The quantitative estimate of drug-likeness (QED) is 0.443. The van der Waals surface area contributed by atoms with Crippen molar-refractivity contribution in [3.63, 3.8) is 0 Å². The van der Waals surface area contributed by atoms with Crippen LogP contribution in [0.1, 0.15) is 39.6 Å². The number of aryl methyl sites for hydroxylation is 1. The van der Waals surface area contributed by atoms with Crippen LogP contribution in [0.5, 0.6) is 0 Å². The van der Waals surface area contributed by atoms with Crippen molar-refractivity contribution in [1.82, 2.24) is 5.32 Å². The molecular weight excluding hydrogens is 452 g/mol. The predicted octanol–water partition coefficient (Wildman–Crippen LogP) is 5.45. The Balaban J connectivity index is 0.00000289. The van der Waals surface area contributed by atoms with E-state index >= 15 is 0 Å². The van der Waals surface area contributed by atoms with Crippen LogP contribution in [0.2, 0.25) is 5.02 Å². The van der Waals surface area contributed by atoms with Crippen LogP contribution in [0.25, 0.3) is 11.1 Å². The molecule has 0 bridgehead atoms. The molecule has 32 heavy (non-hydrogen) atoms. The van der Waals surface area contributed by atoms with Crippen molar-refractivity contribution in [2.75, 3.05) is 6.54 Å². The van der Waals surface area contributed by atoms with E-state index in [0.29, 0.717) is 17.1 Å². The lowest BCUT2D eigenvalue weighted by Crippen LogP contribution is -2.37. The fraction of sp³-hybridized carbons (Fsp3) is 0.240. The van der Waals surface area contributed by atoms with E-state index in [-0.39, 0.29) is 24.0 Å². The number of aromatic carboxylic acids is 1. The molecule has 3 aromatic rings. The van der Waals surface area contributed by atoms with Crippen LogP contribution in [-0.2, 0) is 12.8 Å². The molecule has 3 N–H and O–H groups in total. The number of halogens is 3. The van der Waals surface area contributed by atoms with E-state index in [2.05, 4.69) is 5.32 Å². The average molecular weight is 476 g/mol. The van der Waals surface area contributed by atoms with E-state index in [1.54, 1.807) is 12.1 Å². The second-order valence-corrected chi connectivity index (χ2v) is 8.34. The van der Waals surface area contributed by atoms with Gasteiger partial charge in [0.1, 0.15) is 5.82 Å². The molecule has 0 radical (unpaired) electrons. The van der Waals surface area contributed by atoms with Crippen LogP contribution in [0, 0.1) is 5.82 Å². The van der Waals surface area contributed by atoms with Gasteiger partial charge in [0.15, 0.2) is 0 Å². The Bertz CT molecular complexity index is 1100. The van der Waals surface area contributed by atoms with Gasteiger partial charge in [0, 0.05) is 23.2 Å². The molecule has 168 valence electrons. The van der Waals surface area contributed by atoms with Gasteiger partial charge >= 0.3 is 5.97 Å². The highest BCUT2D eigenvalue weighted by atomic mass is 35.5. The topological polar surface area (TPSA) is 69.6 Å². The van der Waals surface area contributed by atoms with Gasteiger partial charge in [-0.2, -0.15) is 0 Å². The van der Waals surface area contributed by atoms with Gasteiger partial charge < -0.3 is 15.5 Å². The van der Waals surface area contributed by atoms with E-state index in [4.69, 9.17) is 16.7 Å². The SMILES string of the molecule is Cl.O=C(O)c1ccc(-c2ccc3c(c2)C[C@@H](NC[C@@H](O)c2ccc(Cl)cc2)CC3)c(F)c1. The molecule has 0 heterocycles. The molecule has 4 rings (SSSR count). The fourth-order valence-electron chi connectivity index (χ4n) is 4.06. The maximum Gasteiger partial charge on any atom is 0.335 e. The monoisotopic (exact) mass is 475 g/mol. The van der Waals surface area contributed by atoms with Gasteiger partial charge in [-0.1, -0.05) is 48.0 Å². The molecule has 7 heteroatoms. The highest BCUT2D eigenvalue weighted by Gasteiger charge is 2.21. The Hall–Kier alpha value is -2.44. The number of fused-ring (bicyclic) bond motifs is 1. The molecule has 2 atom stereocenters. The number of aliphatic hydroxyl groups is 1. The molecule has 0 fully saturated rings. The Labute approximate surface area is 197 Å². The van der Waals surface area contributed by atoms with Crippen molar-refractivity contribution in [1.29, 1.82) is 0 Å². The Morgan fingerprint density at radius 2 is 1.84 bits per heavy atom. The van der Waals surface area contributed by atoms with E-state index < -0.39 is 17.9 Å². The second kappa shape index (κ2) is 10.5. The average Bonchev–Trinajstić information content (AvgIpc) is 2.77. The molecule has 0 aliphatic heterocycles. The van der Waals surface area contributed by atoms with Gasteiger partial charge in [0.2, 0.25) is 0 Å². The summed E-state index contributed by atoms with van der Waals surface area (Å²) < 4.78 is 14.5. The summed E-state index contributed by atoms with van der Waals surface area (Å²) in [6, 6.07) is 17.3. The first-order valence-electron chi connectivity index (χ1n) is 10.2. The summed E-state index contributed by atoms with van der Waals surface area (Å²) in [6.45, 7) is 0.437. The summed E-state index contributed by atoms with van der Waals surface area (Å²) in [7, 11) is 0. The fourth-order valence-corrected chi connectivity index (χ4v) is 4.19. The zero-order chi connectivity index (χ0) is 22.0. The van der Waals surface area contributed by atoms with Gasteiger partial charge in [-0.15, -0.1) is 12.4 Å². The van der Waals surface area contributed by atoms with Gasteiger partial charge in [-0.3, -0.25) is 0 Å². The number of benzene rings is 3. The van der Waals surface area contributed by atoms with Crippen LogP contribution >= 0.6 is 24.0 Å². The molecule has 4 nitrogen and oxygen atoms in total. The minimum atomic E-state index is -1.15. The molecule has 0 saturated carbocycles. The maximum atomic E-state index is 14.5. The molecule has 0 unspecified atom stereocenters. The number of hydrogen-bond acceptors (Lipinski definition) is 3. The van der Waals surface area contributed by atoms with Crippen LogP contribution in [0.3, 0.4) is 0 Å². The lowest BCUT2D eigenvalue weighted by Gasteiger charge is -2.27. The standard InChI is InChI=1S/C25H23ClFNO3.ClH/c26-20-7-3-16(4-8-20)24(29)14-28-21-9-5-15-1-2-17(11-19(15)12-21)22-10-6-18(25(30)31)13-23(22)27;/h1-4,6-8,10-11,13,21,24,28-29H,5,9,12,14H2,(H,30,31);1H/t21-,24+;/m0./s1. The zero-order valence-electron chi connectivity index (χ0n) is 17.2. The summed E-state index contributed by atoms with van der Waals surface area (Å²) in [4.78, 5) is 11.0. The Morgan fingerprint density at radius 1 is 1.09 bits per heavy atom. The first-order chi connectivity index (χ1) is 14.9. The molecule has 1 aliphatic rings. The lowest BCUT2D eigenvalue weighted by atomic mass is 9.86. The second-order valence-electron chi connectivity index (χ2n) is 7.90. The van der Waals surface area contributed by atoms with Gasteiger partial charge in [0.25, 0.3) is 0 Å².